The number of aromatic nitrogens is 1. The molecule has 0 saturated heterocycles. The predicted octanol–water partition coefficient (Wildman–Crippen LogP) is 2.17. The molecule has 1 rings (SSSR count). The van der Waals surface area contributed by atoms with Crippen molar-refractivity contribution in [1.29, 1.82) is 0 Å². The van der Waals surface area contributed by atoms with Gasteiger partial charge in [0.1, 0.15) is 5.15 Å². The molecule has 0 aliphatic carbocycles. The summed E-state index contributed by atoms with van der Waals surface area (Å²) in [5.74, 6) is 0.849. The van der Waals surface area contributed by atoms with E-state index in [4.69, 9.17) is 11.6 Å². The van der Waals surface area contributed by atoms with E-state index in [0.717, 1.165) is 57.1 Å². The Bertz CT molecular complexity index is 429. The van der Waals surface area contributed by atoms with Crippen LogP contribution < -0.4 is 10.6 Å². The van der Waals surface area contributed by atoms with Crippen molar-refractivity contribution in [3.63, 3.8) is 0 Å². The molecule has 0 fully saturated rings. The fourth-order valence-corrected chi connectivity index (χ4v) is 2.26. The van der Waals surface area contributed by atoms with Gasteiger partial charge in [-0.1, -0.05) is 31.5 Å². The Morgan fingerprint density at radius 1 is 1.23 bits per heavy atom. The van der Waals surface area contributed by atoms with E-state index in [1.807, 2.05) is 18.3 Å². The van der Waals surface area contributed by atoms with E-state index in [1.165, 1.54) is 0 Å². The molecule has 1 aromatic heterocycles. The van der Waals surface area contributed by atoms with Gasteiger partial charge >= 0.3 is 0 Å². The van der Waals surface area contributed by atoms with E-state index in [-0.39, 0.29) is 0 Å². The van der Waals surface area contributed by atoms with Gasteiger partial charge in [0.05, 0.1) is 0 Å². The van der Waals surface area contributed by atoms with Crippen molar-refractivity contribution in [3.8, 4) is 0 Å². The minimum Gasteiger partial charge on any atom is -0.356 e. The number of rotatable bonds is 9. The lowest BCUT2D eigenvalue weighted by atomic mass is 10.2. The van der Waals surface area contributed by atoms with E-state index >= 15 is 0 Å². The van der Waals surface area contributed by atoms with Crippen molar-refractivity contribution in [3.05, 3.63) is 29.0 Å². The summed E-state index contributed by atoms with van der Waals surface area (Å²) >= 11 is 5.77. The summed E-state index contributed by atoms with van der Waals surface area (Å²) < 4.78 is 0. The summed E-state index contributed by atoms with van der Waals surface area (Å²) in [5.41, 5.74) is 1.16. The lowest BCUT2D eigenvalue weighted by molar-refractivity contribution is 0.300. The number of guanidine groups is 1. The maximum atomic E-state index is 5.77. The van der Waals surface area contributed by atoms with Gasteiger partial charge in [0, 0.05) is 26.3 Å². The summed E-state index contributed by atoms with van der Waals surface area (Å²) in [5, 5.41) is 7.19. The van der Waals surface area contributed by atoms with Crippen molar-refractivity contribution >= 4 is 17.6 Å². The highest BCUT2D eigenvalue weighted by Gasteiger charge is 2.00. The van der Waals surface area contributed by atoms with Gasteiger partial charge in [0.25, 0.3) is 0 Å². The second-order valence-corrected chi connectivity index (χ2v) is 5.43. The molecule has 0 radical (unpaired) electrons. The summed E-state index contributed by atoms with van der Waals surface area (Å²) in [7, 11) is 1.80. The van der Waals surface area contributed by atoms with Crippen LogP contribution in [0, 0.1) is 0 Å². The fraction of sp³-hybridized carbons (Fsp3) is 0.625. The fourth-order valence-electron chi connectivity index (χ4n) is 2.15. The first-order valence-corrected chi connectivity index (χ1v) is 8.34. The molecule has 0 spiro atoms. The Labute approximate surface area is 139 Å². The molecular weight excluding hydrogens is 298 g/mol. The van der Waals surface area contributed by atoms with E-state index in [1.54, 1.807) is 7.05 Å². The van der Waals surface area contributed by atoms with Gasteiger partial charge in [-0.05, 0) is 44.1 Å². The number of hydrogen-bond acceptors (Lipinski definition) is 3. The van der Waals surface area contributed by atoms with E-state index in [2.05, 4.69) is 39.4 Å². The van der Waals surface area contributed by atoms with Crippen LogP contribution >= 0.6 is 11.6 Å². The Kier molecular flexibility index (Phi) is 9.59. The molecule has 5 nitrogen and oxygen atoms in total. The highest BCUT2D eigenvalue weighted by Crippen LogP contribution is 2.05. The zero-order valence-electron chi connectivity index (χ0n) is 13.9. The Hall–Kier alpha value is -1.33. The zero-order valence-corrected chi connectivity index (χ0v) is 14.7. The second kappa shape index (κ2) is 11.3. The number of nitrogens with one attached hydrogen (secondary N) is 2. The third kappa shape index (κ3) is 7.61. The summed E-state index contributed by atoms with van der Waals surface area (Å²) in [6.45, 7) is 9.48. The van der Waals surface area contributed by atoms with Crippen LogP contribution in [0.25, 0.3) is 0 Å². The largest absolute Gasteiger partial charge is 0.356 e. The van der Waals surface area contributed by atoms with Crippen LogP contribution in [0.5, 0.6) is 0 Å². The van der Waals surface area contributed by atoms with Gasteiger partial charge < -0.3 is 15.5 Å². The van der Waals surface area contributed by atoms with Crippen molar-refractivity contribution in [2.75, 3.05) is 39.8 Å². The van der Waals surface area contributed by atoms with Crippen LogP contribution in [0.3, 0.4) is 0 Å². The molecule has 6 heteroatoms. The molecule has 0 saturated carbocycles. The summed E-state index contributed by atoms with van der Waals surface area (Å²) in [4.78, 5) is 10.7. The minimum absolute atomic E-state index is 0.530. The molecule has 0 aliphatic rings. The molecule has 0 bridgehead atoms. The Morgan fingerprint density at radius 2 is 1.95 bits per heavy atom. The first kappa shape index (κ1) is 18.7. The third-order valence-corrected chi connectivity index (χ3v) is 3.78. The predicted molar refractivity (Wildman–Crippen MR) is 94.7 cm³/mol. The average molecular weight is 326 g/mol. The minimum atomic E-state index is 0.530. The van der Waals surface area contributed by atoms with Gasteiger partial charge in [-0.2, -0.15) is 0 Å². The molecule has 0 aromatic carbocycles. The quantitative estimate of drug-likeness (QED) is 0.316. The third-order valence-electron chi connectivity index (χ3n) is 3.56. The molecule has 124 valence electrons. The molecule has 0 amide bonds. The smallest absolute Gasteiger partial charge is 0.190 e. The van der Waals surface area contributed by atoms with Crippen LogP contribution in [0.15, 0.2) is 23.3 Å². The first-order valence-electron chi connectivity index (χ1n) is 7.96. The van der Waals surface area contributed by atoms with Gasteiger partial charge in [0.15, 0.2) is 5.96 Å². The van der Waals surface area contributed by atoms with Crippen LogP contribution in [0.4, 0.5) is 0 Å². The lowest BCUT2D eigenvalue weighted by Crippen LogP contribution is -2.39. The standard InChI is InChI=1S/C16H28ClN5/c1-4-22(5-2)12-6-10-19-16(18-3)20-11-9-14-7-8-15(17)21-13-14/h7-8,13H,4-6,9-12H2,1-3H3,(H2,18,19,20). The number of hydrogen-bond donors (Lipinski definition) is 2. The zero-order chi connectivity index (χ0) is 16.2. The van der Waals surface area contributed by atoms with Gasteiger partial charge in [-0.25, -0.2) is 4.98 Å². The van der Waals surface area contributed by atoms with Crippen molar-refractivity contribution in [2.24, 2.45) is 4.99 Å². The monoisotopic (exact) mass is 325 g/mol. The maximum Gasteiger partial charge on any atom is 0.190 e. The Balaban J connectivity index is 2.18. The van der Waals surface area contributed by atoms with Crippen molar-refractivity contribution in [1.82, 2.24) is 20.5 Å². The second-order valence-electron chi connectivity index (χ2n) is 5.05. The molecule has 22 heavy (non-hydrogen) atoms. The van der Waals surface area contributed by atoms with Gasteiger partial charge in [-0.15, -0.1) is 0 Å². The summed E-state index contributed by atoms with van der Waals surface area (Å²) in [6.07, 6.45) is 3.82. The van der Waals surface area contributed by atoms with E-state index in [0.29, 0.717) is 5.15 Å². The van der Waals surface area contributed by atoms with E-state index in [9.17, 15) is 0 Å². The van der Waals surface area contributed by atoms with Gasteiger partial charge in [-0.3, -0.25) is 4.99 Å². The number of halogens is 1. The topological polar surface area (TPSA) is 52.5 Å². The molecule has 1 heterocycles. The number of aliphatic imine (C=N–C) groups is 1. The van der Waals surface area contributed by atoms with Crippen LogP contribution in [0.1, 0.15) is 25.8 Å². The lowest BCUT2D eigenvalue weighted by Gasteiger charge is -2.18. The van der Waals surface area contributed by atoms with Crippen molar-refractivity contribution < 1.29 is 0 Å². The SMILES string of the molecule is CCN(CC)CCCNC(=NC)NCCc1ccc(Cl)nc1. The molecule has 0 aliphatic heterocycles. The van der Waals surface area contributed by atoms with Crippen LogP contribution in [0.2, 0.25) is 5.15 Å². The maximum absolute atomic E-state index is 5.77. The molecule has 1 aromatic rings. The van der Waals surface area contributed by atoms with E-state index < -0.39 is 0 Å². The van der Waals surface area contributed by atoms with Crippen LogP contribution in [-0.4, -0.2) is 55.6 Å². The van der Waals surface area contributed by atoms with Gasteiger partial charge in [0.2, 0.25) is 0 Å². The highest BCUT2D eigenvalue weighted by atomic mass is 35.5. The number of nitrogens with zero attached hydrogens (tertiary/aromatic N) is 3. The highest BCUT2D eigenvalue weighted by molar-refractivity contribution is 6.29. The Morgan fingerprint density at radius 3 is 2.55 bits per heavy atom. The number of pyridine rings is 1. The first-order chi connectivity index (χ1) is 10.7. The summed E-state index contributed by atoms with van der Waals surface area (Å²) in [6, 6.07) is 3.81. The van der Waals surface area contributed by atoms with Crippen LogP contribution in [-0.2, 0) is 6.42 Å². The molecule has 0 atom stereocenters. The molecule has 0 unspecified atom stereocenters. The average Bonchev–Trinajstić information content (AvgIpc) is 2.55. The molecular formula is C16H28ClN5. The normalized spacial score (nSPS) is 11.8. The molecule has 2 N–H and O–H groups in total. The van der Waals surface area contributed by atoms with Crippen molar-refractivity contribution in [2.45, 2.75) is 26.7 Å².